The van der Waals surface area contributed by atoms with E-state index in [1.54, 1.807) is 24.3 Å². The Hall–Kier alpha value is -2.10. The number of hydrogen-bond acceptors (Lipinski definition) is 3. The third-order valence-corrected chi connectivity index (χ3v) is 4.19. The molecule has 0 saturated heterocycles. The molecule has 1 aliphatic carbocycles. The lowest BCUT2D eigenvalue weighted by molar-refractivity contribution is 0.0647. The summed E-state index contributed by atoms with van der Waals surface area (Å²) in [4.78, 5) is 25.7. The SMILES string of the molecule is O=C1c2ccccc2C(=O)N1CCCCOC1=CCCCC1. The molecule has 1 aromatic rings. The van der Waals surface area contributed by atoms with Crippen LogP contribution in [0.3, 0.4) is 0 Å². The zero-order valence-electron chi connectivity index (χ0n) is 12.7. The van der Waals surface area contributed by atoms with Gasteiger partial charge in [-0.3, -0.25) is 14.5 Å². The zero-order chi connectivity index (χ0) is 15.4. The van der Waals surface area contributed by atoms with Crippen molar-refractivity contribution in [3.05, 3.63) is 47.2 Å². The van der Waals surface area contributed by atoms with E-state index >= 15 is 0 Å². The smallest absolute Gasteiger partial charge is 0.261 e. The summed E-state index contributed by atoms with van der Waals surface area (Å²) in [5, 5.41) is 0. The topological polar surface area (TPSA) is 46.6 Å². The summed E-state index contributed by atoms with van der Waals surface area (Å²) in [6.45, 7) is 1.13. The van der Waals surface area contributed by atoms with Crippen molar-refractivity contribution in [2.75, 3.05) is 13.2 Å². The number of nitrogens with zero attached hydrogens (tertiary/aromatic N) is 1. The maximum Gasteiger partial charge on any atom is 0.261 e. The van der Waals surface area contributed by atoms with Crippen LogP contribution in [0.25, 0.3) is 0 Å². The second-order valence-electron chi connectivity index (χ2n) is 5.78. The van der Waals surface area contributed by atoms with Crippen molar-refractivity contribution in [3.63, 3.8) is 0 Å². The summed E-state index contributed by atoms with van der Waals surface area (Å²) in [5.74, 6) is 0.764. The van der Waals surface area contributed by atoms with E-state index in [1.165, 1.54) is 17.7 Å². The van der Waals surface area contributed by atoms with E-state index < -0.39 is 0 Å². The molecule has 4 nitrogen and oxygen atoms in total. The van der Waals surface area contributed by atoms with Crippen LogP contribution in [0.2, 0.25) is 0 Å². The Kier molecular flexibility index (Phi) is 4.56. The molecule has 0 bridgehead atoms. The lowest BCUT2D eigenvalue weighted by Gasteiger charge is -2.16. The Morgan fingerprint density at radius 2 is 1.73 bits per heavy atom. The van der Waals surface area contributed by atoms with Crippen LogP contribution in [0.5, 0.6) is 0 Å². The number of fused-ring (bicyclic) bond motifs is 1. The highest BCUT2D eigenvalue weighted by atomic mass is 16.5. The van der Waals surface area contributed by atoms with Crippen LogP contribution in [-0.4, -0.2) is 29.9 Å². The molecule has 0 atom stereocenters. The average molecular weight is 299 g/mol. The molecule has 3 rings (SSSR count). The highest BCUT2D eigenvalue weighted by Crippen LogP contribution is 2.23. The van der Waals surface area contributed by atoms with E-state index in [1.807, 2.05) is 0 Å². The Labute approximate surface area is 130 Å². The Balaban J connectivity index is 1.44. The van der Waals surface area contributed by atoms with Gasteiger partial charge in [-0.05, 0) is 50.3 Å². The molecule has 22 heavy (non-hydrogen) atoms. The minimum absolute atomic E-state index is 0.170. The fraction of sp³-hybridized carbons (Fsp3) is 0.444. The van der Waals surface area contributed by atoms with Gasteiger partial charge in [0.2, 0.25) is 0 Å². The molecule has 0 aromatic heterocycles. The van der Waals surface area contributed by atoms with Crippen molar-refractivity contribution in [3.8, 4) is 0 Å². The standard InChI is InChI=1S/C18H21NO3/c20-17-15-10-4-5-11-16(15)18(21)19(17)12-6-7-13-22-14-8-2-1-3-9-14/h4-5,8,10-11H,1-3,6-7,9,12-13H2. The van der Waals surface area contributed by atoms with E-state index in [0.29, 0.717) is 24.3 Å². The van der Waals surface area contributed by atoms with E-state index in [9.17, 15) is 9.59 Å². The predicted octanol–water partition coefficient (Wildman–Crippen LogP) is 3.54. The van der Waals surface area contributed by atoms with Crippen LogP contribution in [0.15, 0.2) is 36.1 Å². The summed E-state index contributed by atoms with van der Waals surface area (Å²) in [5.41, 5.74) is 1.05. The lowest BCUT2D eigenvalue weighted by atomic mass is 10.1. The van der Waals surface area contributed by atoms with Crippen molar-refractivity contribution in [2.24, 2.45) is 0 Å². The molecule has 1 aliphatic heterocycles. The molecule has 4 heteroatoms. The van der Waals surface area contributed by atoms with Crippen LogP contribution >= 0.6 is 0 Å². The van der Waals surface area contributed by atoms with Crippen LogP contribution in [0, 0.1) is 0 Å². The van der Waals surface area contributed by atoms with Gasteiger partial charge in [0, 0.05) is 13.0 Å². The van der Waals surface area contributed by atoms with Gasteiger partial charge in [0.1, 0.15) is 0 Å². The van der Waals surface area contributed by atoms with E-state index in [4.69, 9.17) is 4.74 Å². The molecule has 0 fully saturated rings. The largest absolute Gasteiger partial charge is 0.498 e. The molecule has 0 unspecified atom stereocenters. The molecule has 0 saturated carbocycles. The second kappa shape index (κ2) is 6.77. The number of ether oxygens (including phenoxy) is 1. The molecule has 0 radical (unpaired) electrons. The molecule has 0 spiro atoms. The van der Waals surface area contributed by atoms with Gasteiger partial charge < -0.3 is 4.74 Å². The van der Waals surface area contributed by atoms with Crippen molar-refractivity contribution >= 4 is 11.8 Å². The first-order valence-electron chi connectivity index (χ1n) is 8.04. The molecule has 2 aliphatic rings. The Morgan fingerprint density at radius 3 is 2.36 bits per heavy atom. The fourth-order valence-electron chi connectivity index (χ4n) is 2.96. The summed E-state index contributed by atoms with van der Waals surface area (Å²) in [7, 11) is 0. The average Bonchev–Trinajstić information content (AvgIpc) is 2.81. The Bertz CT molecular complexity index is 571. The van der Waals surface area contributed by atoms with Gasteiger partial charge >= 0.3 is 0 Å². The first kappa shape index (κ1) is 14.8. The molecule has 2 amide bonds. The number of carbonyl (C=O) groups is 2. The summed E-state index contributed by atoms with van der Waals surface area (Å²) >= 11 is 0. The van der Waals surface area contributed by atoms with Crippen LogP contribution in [-0.2, 0) is 4.74 Å². The molecule has 1 aromatic carbocycles. The van der Waals surface area contributed by atoms with Gasteiger partial charge in [-0.1, -0.05) is 12.1 Å². The second-order valence-corrected chi connectivity index (χ2v) is 5.78. The van der Waals surface area contributed by atoms with Crippen molar-refractivity contribution in [2.45, 2.75) is 38.5 Å². The van der Waals surface area contributed by atoms with E-state index in [2.05, 4.69) is 6.08 Å². The Morgan fingerprint density at radius 1 is 1.00 bits per heavy atom. The van der Waals surface area contributed by atoms with Crippen molar-refractivity contribution in [1.82, 2.24) is 4.90 Å². The van der Waals surface area contributed by atoms with E-state index in [-0.39, 0.29) is 11.8 Å². The fourth-order valence-corrected chi connectivity index (χ4v) is 2.96. The first-order valence-corrected chi connectivity index (χ1v) is 8.04. The first-order chi connectivity index (χ1) is 10.8. The van der Waals surface area contributed by atoms with Gasteiger partial charge in [0.15, 0.2) is 0 Å². The van der Waals surface area contributed by atoms with Crippen molar-refractivity contribution < 1.29 is 14.3 Å². The number of unbranched alkanes of at least 4 members (excludes halogenated alkanes) is 1. The quantitative estimate of drug-likeness (QED) is 0.596. The number of imide groups is 1. The molecule has 116 valence electrons. The van der Waals surface area contributed by atoms with Gasteiger partial charge in [0.25, 0.3) is 11.8 Å². The van der Waals surface area contributed by atoms with Gasteiger partial charge in [0.05, 0.1) is 23.5 Å². The van der Waals surface area contributed by atoms with Crippen molar-refractivity contribution in [1.29, 1.82) is 0 Å². The van der Waals surface area contributed by atoms with Gasteiger partial charge in [-0.25, -0.2) is 0 Å². The summed E-state index contributed by atoms with van der Waals surface area (Å²) < 4.78 is 5.74. The number of amides is 2. The van der Waals surface area contributed by atoms with E-state index in [0.717, 1.165) is 31.4 Å². The minimum atomic E-state index is -0.170. The third-order valence-electron chi connectivity index (χ3n) is 4.19. The number of carbonyl (C=O) groups excluding carboxylic acids is 2. The summed E-state index contributed by atoms with van der Waals surface area (Å²) in [6, 6.07) is 7.01. The number of hydrogen-bond donors (Lipinski definition) is 0. The number of benzene rings is 1. The maximum atomic E-state index is 12.2. The molecular weight excluding hydrogens is 278 g/mol. The lowest BCUT2D eigenvalue weighted by Crippen LogP contribution is -2.30. The predicted molar refractivity (Wildman–Crippen MR) is 83.5 cm³/mol. The van der Waals surface area contributed by atoms with Crippen LogP contribution in [0.1, 0.15) is 59.2 Å². The molecule has 0 N–H and O–H groups in total. The minimum Gasteiger partial charge on any atom is -0.498 e. The van der Waals surface area contributed by atoms with Gasteiger partial charge in [-0.15, -0.1) is 0 Å². The van der Waals surface area contributed by atoms with Gasteiger partial charge in [-0.2, -0.15) is 0 Å². The van der Waals surface area contributed by atoms with Crippen LogP contribution in [0.4, 0.5) is 0 Å². The molecular formula is C18H21NO3. The zero-order valence-corrected chi connectivity index (χ0v) is 12.7. The monoisotopic (exact) mass is 299 g/mol. The third kappa shape index (κ3) is 3.06. The number of rotatable bonds is 6. The highest BCUT2D eigenvalue weighted by Gasteiger charge is 2.34. The number of allylic oxidation sites excluding steroid dienone is 2. The molecule has 1 heterocycles. The maximum absolute atomic E-state index is 12.2. The van der Waals surface area contributed by atoms with Crippen LogP contribution < -0.4 is 0 Å². The highest BCUT2D eigenvalue weighted by molar-refractivity contribution is 6.21. The summed E-state index contributed by atoms with van der Waals surface area (Å²) in [6.07, 6.45) is 8.42. The normalized spacial score (nSPS) is 17.5.